The maximum atomic E-state index is 14.2. The van der Waals surface area contributed by atoms with Gasteiger partial charge in [0.1, 0.15) is 5.78 Å². The van der Waals surface area contributed by atoms with Crippen LogP contribution in [0.25, 0.3) is 0 Å². The van der Waals surface area contributed by atoms with Crippen LogP contribution < -0.4 is 20.7 Å². The van der Waals surface area contributed by atoms with Gasteiger partial charge in [0.15, 0.2) is 11.6 Å². The third-order valence-corrected chi connectivity index (χ3v) is 10.8. The molecule has 0 heterocycles. The quantitative estimate of drug-likeness (QED) is 0.0258. The van der Waals surface area contributed by atoms with Gasteiger partial charge in [0.2, 0.25) is 11.7 Å². The number of esters is 1. The summed E-state index contributed by atoms with van der Waals surface area (Å²) in [6.07, 6.45) is 24.9. The number of rotatable bonds is 41. The monoisotopic (exact) mass is 860 g/mol. The predicted molar refractivity (Wildman–Crippen MR) is 246 cm³/mol. The first-order valence-corrected chi connectivity index (χ1v) is 23.4. The van der Waals surface area contributed by atoms with Crippen molar-refractivity contribution >= 4 is 17.7 Å². The van der Waals surface area contributed by atoms with Crippen LogP contribution in [0, 0.1) is 25.5 Å². The summed E-state index contributed by atoms with van der Waals surface area (Å²) in [6, 6.07) is 1.41. The summed E-state index contributed by atoms with van der Waals surface area (Å²) in [7, 11) is 0. The fraction of sp³-hybridized carbons (Fsp3) is 0.700. The maximum Gasteiger partial charge on any atom is 0.311 e. The van der Waals surface area contributed by atoms with Gasteiger partial charge in [0.25, 0.3) is 0 Å². The second kappa shape index (κ2) is 36.0. The molecule has 1 aromatic rings. The summed E-state index contributed by atoms with van der Waals surface area (Å²) < 4.78 is 44.6. The molecule has 0 aliphatic carbocycles. The number of ketones is 1. The largest absolute Gasteiger partial charge is 0.420 e. The number of unbranched alkanes of at least 4 members (excludes halogenated alkanes) is 17. The lowest BCUT2D eigenvalue weighted by molar-refractivity contribution is -0.135. The lowest BCUT2D eigenvalue weighted by atomic mass is 10.0. The molecule has 0 aromatic heterocycles. The van der Waals surface area contributed by atoms with Crippen LogP contribution in [0.4, 0.5) is 8.78 Å². The molecule has 1 aromatic carbocycles. The zero-order valence-corrected chi connectivity index (χ0v) is 38.7. The first kappa shape index (κ1) is 55.4. The second-order valence-electron chi connectivity index (χ2n) is 16.8. The summed E-state index contributed by atoms with van der Waals surface area (Å²) in [5.74, 6) is -2.61. The topological polar surface area (TPSA) is 115 Å². The number of Topliss-reactive ketones (excluding diaryl/α,β-unsaturated/α-hetero) is 1. The molecule has 1 rings (SSSR count). The Balaban J connectivity index is 1.95. The van der Waals surface area contributed by atoms with Crippen LogP contribution in [0.3, 0.4) is 0 Å². The van der Waals surface area contributed by atoms with Gasteiger partial charge >= 0.3 is 5.97 Å². The summed E-state index contributed by atoms with van der Waals surface area (Å²) in [5, 5.41) is 9.69. The summed E-state index contributed by atoms with van der Waals surface area (Å²) in [6.45, 7) is 21.9. The summed E-state index contributed by atoms with van der Waals surface area (Å²) in [5.41, 5.74) is 3.28. The molecule has 3 N–H and O–H groups in total. The van der Waals surface area contributed by atoms with Crippen molar-refractivity contribution in [3.8, 4) is 5.75 Å². The van der Waals surface area contributed by atoms with Crippen molar-refractivity contribution in [3.05, 3.63) is 65.5 Å². The molecule has 0 aliphatic rings. The Bertz CT molecular complexity index is 1410. The normalized spacial score (nSPS) is 11.6. The molecule has 348 valence electrons. The predicted octanol–water partition coefficient (Wildman–Crippen LogP) is 11.7. The van der Waals surface area contributed by atoms with Gasteiger partial charge in [0, 0.05) is 49.8 Å². The third-order valence-electron chi connectivity index (χ3n) is 10.8. The third kappa shape index (κ3) is 30.2. The van der Waals surface area contributed by atoms with Crippen LogP contribution in [0.2, 0.25) is 0 Å². The first-order valence-electron chi connectivity index (χ1n) is 23.4. The zero-order valence-electron chi connectivity index (χ0n) is 38.7. The Morgan fingerprint density at radius 1 is 0.590 bits per heavy atom. The number of hydrogen-bond acceptors (Lipinski definition) is 8. The minimum Gasteiger partial charge on any atom is -0.420 e. The fourth-order valence-corrected chi connectivity index (χ4v) is 7.04. The SMILES string of the molecule is C=C(COCCOCCNC(=O)CCC(NC(=C)CCCCCCCCCCCCCCCCC(C)=O)C(=C)C)NCCCCCCCC(=O)Oc1c(F)c(C)cc(C)c1F. The Hall–Kier alpha value is -3.57. The van der Waals surface area contributed by atoms with Gasteiger partial charge in [-0.05, 0) is 77.3 Å². The van der Waals surface area contributed by atoms with E-state index in [1.807, 2.05) is 6.92 Å². The Morgan fingerprint density at radius 3 is 1.62 bits per heavy atom. The number of carbonyl (C=O) groups is 3. The molecule has 61 heavy (non-hydrogen) atoms. The van der Waals surface area contributed by atoms with Gasteiger partial charge < -0.3 is 35.0 Å². The van der Waals surface area contributed by atoms with Crippen LogP contribution in [0.1, 0.15) is 179 Å². The number of ether oxygens (including phenoxy) is 3. The van der Waals surface area contributed by atoms with E-state index in [0.717, 1.165) is 74.9 Å². The minimum absolute atomic E-state index is 0.0115. The van der Waals surface area contributed by atoms with Crippen molar-refractivity contribution < 1.29 is 37.4 Å². The molecule has 0 saturated heterocycles. The van der Waals surface area contributed by atoms with E-state index in [1.54, 1.807) is 6.92 Å². The molecule has 1 unspecified atom stereocenters. The Labute approximate surface area is 368 Å². The molecule has 0 saturated carbocycles. The van der Waals surface area contributed by atoms with E-state index < -0.39 is 23.4 Å². The highest BCUT2D eigenvalue weighted by atomic mass is 19.1. The van der Waals surface area contributed by atoms with E-state index in [4.69, 9.17) is 14.2 Å². The second-order valence-corrected chi connectivity index (χ2v) is 16.8. The molecule has 0 bridgehead atoms. The zero-order chi connectivity index (χ0) is 45.1. The molecule has 11 heteroatoms. The van der Waals surface area contributed by atoms with Crippen molar-refractivity contribution in [2.75, 3.05) is 39.5 Å². The lowest BCUT2D eigenvalue weighted by Gasteiger charge is -2.21. The highest BCUT2D eigenvalue weighted by molar-refractivity contribution is 5.76. The number of carbonyl (C=O) groups excluding carboxylic acids is 3. The van der Waals surface area contributed by atoms with Gasteiger partial charge in [0.05, 0.1) is 26.4 Å². The van der Waals surface area contributed by atoms with Gasteiger partial charge in [-0.25, -0.2) is 8.78 Å². The molecule has 0 radical (unpaired) electrons. The van der Waals surface area contributed by atoms with Crippen molar-refractivity contribution in [3.63, 3.8) is 0 Å². The van der Waals surface area contributed by atoms with E-state index in [0.29, 0.717) is 58.0 Å². The van der Waals surface area contributed by atoms with Crippen molar-refractivity contribution in [1.29, 1.82) is 0 Å². The van der Waals surface area contributed by atoms with Crippen LogP contribution >= 0.6 is 0 Å². The van der Waals surface area contributed by atoms with Crippen LogP contribution in [0.5, 0.6) is 5.75 Å². The van der Waals surface area contributed by atoms with Gasteiger partial charge in [-0.1, -0.05) is 128 Å². The number of benzene rings is 1. The van der Waals surface area contributed by atoms with E-state index in [-0.39, 0.29) is 29.5 Å². The number of halogens is 2. The number of hydrogen-bond donors (Lipinski definition) is 3. The number of nitrogens with one attached hydrogen (secondary N) is 3. The van der Waals surface area contributed by atoms with Gasteiger partial charge in [-0.15, -0.1) is 0 Å². The van der Waals surface area contributed by atoms with E-state index in [9.17, 15) is 23.2 Å². The Morgan fingerprint density at radius 2 is 1.08 bits per heavy atom. The highest BCUT2D eigenvalue weighted by Gasteiger charge is 2.19. The van der Waals surface area contributed by atoms with Crippen LogP contribution in [-0.4, -0.2) is 63.2 Å². The maximum absolute atomic E-state index is 14.2. The summed E-state index contributed by atoms with van der Waals surface area (Å²) in [4.78, 5) is 35.5. The average molecular weight is 860 g/mol. The smallest absolute Gasteiger partial charge is 0.311 e. The molecule has 1 amide bonds. The van der Waals surface area contributed by atoms with Crippen molar-refractivity contribution in [2.24, 2.45) is 0 Å². The number of allylic oxidation sites excluding steroid dienone is 1. The van der Waals surface area contributed by atoms with Gasteiger partial charge in [-0.2, -0.15) is 0 Å². The standard InChI is InChI=1S/C50H83F2N3O6/c1-39(2)45(55-42(5)27-23-19-16-14-12-10-8-9-11-13-15-17-20-24-28-44(7)56)30-31-46(57)54-33-34-59-35-36-60-38-43(6)53-32-26-22-18-21-25-29-47(58)61-50-48(51)40(3)37-41(4)49(50)52/h37,45,53,55H,1,5-6,8-36,38H2,2-4,7H3,(H,54,57). The molecule has 9 nitrogen and oxygen atoms in total. The molecule has 0 aliphatic heterocycles. The molecule has 0 fully saturated rings. The van der Waals surface area contributed by atoms with Crippen molar-refractivity contribution in [2.45, 2.75) is 188 Å². The average Bonchev–Trinajstić information content (AvgIpc) is 3.21. The van der Waals surface area contributed by atoms with Crippen molar-refractivity contribution in [1.82, 2.24) is 16.0 Å². The number of aryl methyl sites for hydroxylation is 2. The molecule has 1 atom stereocenters. The Kier molecular flexibility index (Phi) is 32.7. The molecular formula is C50H83F2N3O6. The van der Waals surface area contributed by atoms with Crippen LogP contribution in [0.15, 0.2) is 42.8 Å². The lowest BCUT2D eigenvalue weighted by Crippen LogP contribution is -2.32. The van der Waals surface area contributed by atoms with Crippen LogP contribution in [-0.2, 0) is 23.9 Å². The first-order chi connectivity index (χ1) is 29.3. The molecule has 0 spiro atoms. The van der Waals surface area contributed by atoms with E-state index >= 15 is 0 Å². The number of amides is 1. The minimum atomic E-state index is -0.835. The van der Waals surface area contributed by atoms with E-state index in [2.05, 4.69) is 35.7 Å². The molecular weight excluding hydrogens is 777 g/mol. The van der Waals surface area contributed by atoms with Gasteiger partial charge in [-0.3, -0.25) is 9.59 Å². The highest BCUT2D eigenvalue weighted by Crippen LogP contribution is 2.28. The summed E-state index contributed by atoms with van der Waals surface area (Å²) >= 11 is 0. The fourth-order valence-electron chi connectivity index (χ4n) is 7.04. The van der Waals surface area contributed by atoms with E-state index in [1.165, 1.54) is 97.0 Å².